The van der Waals surface area contributed by atoms with Crippen LogP contribution in [0.3, 0.4) is 0 Å². The molecule has 0 unspecified atom stereocenters. The number of imide groups is 1. The minimum absolute atomic E-state index is 0.0781. The lowest BCUT2D eigenvalue weighted by Crippen LogP contribution is -2.45. The lowest BCUT2D eigenvalue weighted by Gasteiger charge is -2.28. The fourth-order valence-electron chi connectivity index (χ4n) is 3.37. The second-order valence-electron chi connectivity index (χ2n) is 6.89. The molecule has 1 aliphatic heterocycles. The number of carboxylic acid groups (broad SMARTS) is 1. The van der Waals surface area contributed by atoms with Crippen molar-refractivity contribution in [2.24, 2.45) is 0 Å². The lowest BCUT2D eigenvalue weighted by molar-refractivity contribution is -0.143. The maximum atomic E-state index is 13.1. The molecule has 2 aromatic rings. The van der Waals surface area contributed by atoms with Crippen LogP contribution in [0.15, 0.2) is 54.6 Å². The number of carboxylic acids is 1. The Kier molecular flexibility index (Phi) is 6.46. The predicted octanol–water partition coefficient (Wildman–Crippen LogP) is 2.22. The summed E-state index contributed by atoms with van der Waals surface area (Å²) in [6.07, 6.45) is -0.757. The number of anilines is 1. The zero-order valence-corrected chi connectivity index (χ0v) is 16.5. The maximum absolute atomic E-state index is 13.1. The van der Waals surface area contributed by atoms with Crippen molar-refractivity contribution in [3.63, 3.8) is 0 Å². The summed E-state index contributed by atoms with van der Waals surface area (Å²) >= 11 is 0. The van der Waals surface area contributed by atoms with Crippen LogP contribution in [0.25, 0.3) is 0 Å². The Morgan fingerprint density at radius 2 is 1.73 bits per heavy atom. The largest absolute Gasteiger partial charge is 0.497 e. The molecule has 0 spiro atoms. The highest BCUT2D eigenvalue weighted by Crippen LogP contribution is 2.27. The Balaban J connectivity index is 1.86. The lowest BCUT2D eigenvalue weighted by atomic mass is 10.1. The normalized spacial score (nSPS) is 15.9. The molecule has 0 radical (unpaired) electrons. The number of hydrogen-bond donors (Lipinski definition) is 1. The molecule has 1 saturated heterocycles. The Morgan fingerprint density at radius 1 is 1.07 bits per heavy atom. The fraction of sp³-hybridized carbons (Fsp3) is 0.273. The molecule has 0 bridgehead atoms. The second kappa shape index (κ2) is 9.21. The molecule has 8 nitrogen and oxygen atoms in total. The maximum Gasteiger partial charge on any atom is 0.303 e. The van der Waals surface area contributed by atoms with E-state index in [1.807, 2.05) is 0 Å². The molecule has 1 aliphatic rings. The molecule has 0 aliphatic carbocycles. The van der Waals surface area contributed by atoms with E-state index in [-0.39, 0.29) is 25.8 Å². The van der Waals surface area contributed by atoms with Crippen molar-refractivity contribution in [2.45, 2.75) is 31.8 Å². The molecular weight excluding hydrogens is 388 g/mol. The first kappa shape index (κ1) is 21.0. The Hall–Kier alpha value is -3.68. The van der Waals surface area contributed by atoms with Gasteiger partial charge < -0.3 is 14.7 Å². The molecule has 3 amide bonds. The van der Waals surface area contributed by atoms with Crippen LogP contribution in [0, 0.1) is 0 Å². The van der Waals surface area contributed by atoms with Crippen molar-refractivity contribution < 1.29 is 29.0 Å². The summed E-state index contributed by atoms with van der Waals surface area (Å²) in [4.78, 5) is 51.8. The molecule has 0 saturated carbocycles. The number of nitrogens with zero attached hydrogens (tertiary/aromatic N) is 2. The SMILES string of the molecule is COc1ccc(CN(C(=O)CCC(=O)O)[C@@H]2CC(=O)N(c3ccccc3)C2=O)cc1. The molecule has 1 heterocycles. The smallest absolute Gasteiger partial charge is 0.303 e. The molecule has 156 valence electrons. The summed E-state index contributed by atoms with van der Waals surface area (Å²) in [7, 11) is 1.54. The van der Waals surface area contributed by atoms with Gasteiger partial charge in [0.15, 0.2) is 0 Å². The first-order valence-corrected chi connectivity index (χ1v) is 9.46. The number of para-hydroxylation sites is 1. The fourth-order valence-corrected chi connectivity index (χ4v) is 3.37. The van der Waals surface area contributed by atoms with Gasteiger partial charge >= 0.3 is 5.97 Å². The van der Waals surface area contributed by atoms with Gasteiger partial charge in [0.2, 0.25) is 11.8 Å². The summed E-state index contributed by atoms with van der Waals surface area (Å²) in [5, 5.41) is 8.93. The van der Waals surface area contributed by atoms with Crippen molar-refractivity contribution in [3.8, 4) is 5.75 Å². The first-order valence-electron chi connectivity index (χ1n) is 9.46. The van der Waals surface area contributed by atoms with E-state index in [2.05, 4.69) is 0 Å². The molecular formula is C22H22N2O6. The summed E-state index contributed by atoms with van der Waals surface area (Å²) in [6.45, 7) is 0.0781. The number of amides is 3. The predicted molar refractivity (Wildman–Crippen MR) is 108 cm³/mol. The third kappa shape index (κ3) is 4.65. The third-order valence-electron chi connectivity index (χ3n) is 4.90. The highest BCUT2D eigenvalue weighted by atomic mass is 16.5. The number of aliphatic carboxylic acids is 1. The van der Waals surface area contributed by atoms with Crippen LogP contribution in [-0.4, -0.2) is 46.8 Å². The van der Waals surface area contributed by atoms with Gasteiger partial charge in [-0.2, -0.15) is 0 Å². The van der Waals surface area contributed by atoms with Crippen molar-refractivity contribution in [1.82, 2.24) is 4.90 Å². The minimum atomic E-state index is -1.10. The molecule has 1 atom stereocenters. The number of methoxy groups -OCH3 is 1. The minimum Gasteiger partial charge on any atom is -0.497 e. The van der Waals surface area contributed by atoms with E-state index in [4.69, 9.17) is 9.84 Å². The van der Waals surface area contributed by atoms with Gasteiger partial charge in [0.05, 0.1) is 25.6 Å². The first-order chi connectivity index (χ1) is 14.4. The van der Waals surface area contributed by atoms with Crippen LogP contribution in [0.2, 0.25) is 0 Å². The van der Waals surface area contributed by atoms with Crippen molar-refractivity contribution in [3.05, 3.63) is 60.2 Å². The van der Waals surface area contributed by atoms with E-state index in [1.54, 1.807) is 54.6 Å². The van der Waals surface area contributed by atoms with Crippen LogP contribution in [0.1, 0.15) is 24.8 Å². The number of carbonyl (C=O) groups excluding carboxylic acids is 3. The zero-order valence-electron chi connectivity index (χ0n) is 16.5. The summed E-state index contributed by atoms with van der Waals surface area (Å²) in [6, 6.07) is 14.5. The molecule has 1 N–H and O–H groups in total. The van der Waals surface area contributed by atoms with E-state index in [0.717, 1.165) is 10.5 Å². The molecule has 30 heavy (non-hydrogen) atoms. The van der Waals surface area contributed by atoms with Crippen LogP contribution < -0.4 is 9.64 Å². The monoisotopic (exact) mass is 410 g/mol. The van der Waals surface area contributed by atoms with Crippen LogP contribution in [0.4, 0.5) is 5.69 Å². The van der Waals surface area contributed by atoms with Gasteiger partial charge in [-0.3, -0.25) is 19.2 Å². The average Bonchev–Trinajstić information content (AvgIpc) is 3.05. The van der Waals surface area contributed by atoms with E-state index in [0.29, 0.717) is 11.4 Å². The van der Waals surface area contributed by atoms with Gasteiger partial charge in [0.25, 0.3) is 5.91 Å². The van der Waals surface area contributed by atoms with Crippen LogP contribution in [0.5, 0.6) is 5.75 Å². The standard InChI is InChI=1S/C22H22N2O6/c1-30-17-9-7-15(8-10-17)14-23(19(25)11-12-21(27)28)18-13-20(26)24(22(18)29)16-5-3-2-4-6-16/h2-10,18H,11-14H2,1H3,(H,27,28)/t18-/m1/s1. The number of benzene rings is 2. The Bertz CT molecular complexity index is 942. The summed E-state index contributed by atoms with van der Waals surface area (Å²) < 4.78 is 5.13. The zero-order chi connectivity index (χ0) is 21.7. The van der Waals surface area contributed by atoms with Gasteiger partial charge in [0, 0.05) is 13.0 Å². The van der Waals surface area contributed by atoms with Gasteiger partial charge in [-0.1, -0.05) is 30.3 Å². The van der Waals surface area contributed by atoms with Gasteiger partial charge in [-0.05, 0) is 29.8 Å². The molecule has 0 aromatic heterocycles. The van der Waals surface area contributed by atoms with E-state index >= 15 is 0 Å². The topological polar surface area (TPSA) is 104 Å². The number of ether oxygens (including phenoxy) is 1. The quantitative estimate of drug-likeness (QED) is 0.669. The second-order valence-corrected chi connectivity index (χ2v) is 6.89. The van der Waals surface area contributed by atoms with E-state index in [9.17, 15) is 19.2 Å². The number of hydrogen-bond acceptors (Lipinski definition) is 5. The Labute approximate surface area is 173 Å². The molecule has 8 heteroatoms. The number of rotatable bonds is 8. The van der Waals surface area contributed by atoms with Gasteiger partial charge in [-0.15, -0.1) is 0 Å². The molecule has 1 fully saturated rings. The summed E-state index contributed by atoms with van der Waals surface area (Å²) in [5.74, 6) is -1.85. The van der Waals surface area contributed by atoms with Crippen LogP contribution >= 0.6 is 0 Å². The molecule has 3 rings (SSSR count). The van der Waals surface area contributed by atoms with Crippen molar-refractivity contribution in [1.29, 1.82) is 0 Å². The highest BCUT2D eigenvalue weighted by Gasteiger charge is 2.44. The van der Waals surface area contributed by atoms with E-state index < -0.39 is 29.7 Å². The number of carbonyl (C=O) groups is 4. The summed E-state index contributed by atoms with van der Waals surface area (Å²) in [5.41, 5.74) is 1.18. The van der Waals surface area contributed by atoms with Crippen molar-refractivity contribution >= 4 is 29.4 Å². The Morgan fingerprint density at radius 3 is 2.33 bits per heavy atom. The van der Waals surface area contributed by atoms with Crippen LogP contribution in [-0.2, 0) is 25.7 Å². The van der Waals surface area contributed by atoms with Gasteiger partial charge in [0.1, 0.15) is 11.8 Å². The van der Waals surface area contributed by atoms with Gasteiger partial charge in [-0.25, -0.2) is 4.90 Å². The average molecular weight is 410 g/mol. The third-order valence-corrected chi connectivity index (χ3v) is 4.90. The highest BCUT2D eigenvalue weighted by molar-refractivity contribution is 6.23. The van der Waals surface area contributed by atoms with E-state index in [1.165, 1.54) is 12.0 Å². The molecule has 2 aromatic carbocycles. The van der Waals surface area contributed by atoms with Crippen molar-refractivity contribution in [2.75, 3.05) is 12.0 Å².